The van der Waals surface area contributed by atoms with E-state index in [1.165, 1.54) is 24.5 Å². The molecule has 0 radical (unpaired) electrons. The number of hydrogen-bond acceptors (Lipinski definition) is 2. The first-order valence-electron chi connectivity index (χ1n) is 7.75. The Morgan fingerprint density at radius 1 is 1.14 bits per heavy atom. The predicted molar refractivity (Wildman–Crippen MR) is 86.2 cm³/mol. The zero-order chi connectivity index (χ0) is 15.8. The Bertz CT molecular complexity index is 582. The van der Waals surface area contributed by atoms with Gasteiger partial charge >= 0.3 is 0 Å². The first-order chi connectivity index (χ1) is 10.7. The van der Waals surface area contributed by atoms with E-state index in [-0.39, 0.29) is 11.9 Å². The first kappa shape index (κ1) is 16.0. The third kappa shape index (κ3) is 4.58. The highest BCUT2D eigenvalue weighted by Gasteiger charge is 2.15. The molecule has 116 valence electrons. The SMILES string of the molecule is CCCCCC(NC(=O)c1cc[n+]([O-])cc1)c1ccccc1. The van der Waals surface area contributed by atoms with Crippen LogP contribution >= 0.6 is 0 Å². The van der Waals surface area contributed by atoms with E-state index in [1.54, 1.807) is 0 Å². The van der Waals surface area contributed by atoms with Gasteiger partial charge in [0.15, 0.2) is 12.4 Å². The summed E-state index contributed by atoms with van der Waals surface area (Å²) in [4.78, 5) is 12.3. The molecule has 0 bridgehead atoms. The summed E-state index contributed by atoms with van der Waals surface area (Å²) in [5.74, 6) is -0.147. The summed E-state index contributed by atoms with van der Waals surface area (Å²) in [6.07, 6.45) is 6.97. The molecule has 0 aliphatic heterocycles. The molecule has 0 saturated carbocycles. The van der Waals surface area contributed by atoms with Gasteiger partial charge < -0.3 is 10.5 Å². The van der Waals surface area contributed by atoms with E-state index in [1.807, 2.05) is 30.3 Å². The summed E-state index contributed by atoms with van der Waals surface area (Å²) in [5, 5.41) is 14.1. The van der Waals surface area contributed by atoms with Gasteiger partial charge in [-0.15, -0.1) is 0 Å². The van der Waals surface area contributed by atoms with Gasteiger partial charge in [0.1, 0.15) is 0 Å². The molecule has 22 heavy (non-hydrogen) atoms. The molecule has 0 spiro atoms. The molecule has 2 aromatic rings. The number of rotatable bonds is 7. The average molecular weight is 298 g/mol. The van der Waals surface area contributed by atoms with Crippen molar-refractivity contribution in [3.63, 3.8) is 0 Å². The van der Waals surface area contributed by atoms with E-state index in [2.05, 4.69) is 12.2 Å². The quantitative estimate of drug-likeness (QED) is 0.484. The van der Waals surface area contributed by atoms with Crippen molar-refractivity contribution in [2.24, 2.45) is 0 Å². The van der Waals surface area contributed by atoms with Crippen LogP contribution < -0.4 is 10.0 Å². The molecule has 1 amide bonds. The highest BCUT2D eigenvalue weighted by atomic mass is 16.5. The van der Waals surface area contributed by atoms with Crippen molar-refractivity contribution >= 4 is 5.91 Å². The van der Waals surface area contributed by atoms with E-state index in [9.17, 15) is 10.0 Å². The van der Waals surface area contributed by atoms with Crippen molar-refractivity contribution in [2.45, 2.75) is 38.6 Å². The Hall–Kier alpha value is -2.36. The van der Waals surface area contributed by atoms with Gasteiger partial charge in [-0.05, 0) is 12.0 Å². The van der Waals surface area contributed by atoms with Gasteiger partial charge in [0.05, 0.1) is 11.6 Å². The third-order valence-electron chi connectivity index (χ3n) is 3.67. The van der Waals surface area contributed by atoms with Gasteiger partial charge in [-0.3, -0.25) is 4.79 Å². The predicted octanol–water partition coefficient (Wildman–Crippen LogP) is 3.37. The van der Waals surface area contributed by atoms with Gasteiger partial charge in [0.25, 0.3) is 5.91 Å². The number of nitrogens with zero attached hydrogens (tertiary/aromatic N) is 1. The van der Waals surface area contributed by atoms with Crippen molar-refractivity contribution in [2.75, 3.05) is 0 Å². The summed E-state index contributed by atoms with van der Waals surface area (Å²) < 4.78 is 0.673. The maximum absolute atomic E-state index is 12.3. The summed E-state index contributed by atoms with van der Waals surface area (Å²) >= 11 is 0. The summed E-state index contributed by atoms with van der Waals surface area (Å²) in [5.41, 5.74) is 1.62. The van der Waals surface area contributed by atoms with Gasteiger partial charge in [0, 0.05) is 12.1 Å². The van der Waals surface area contributed by atoms with Crippen LogP contribution in [0.1, 0.15) is 54.6 Å². The van der Waals surface area contributed by atoms with Crippen molar-refractivity contribution < 1.29 is 9.52 Å². The summed E-state index contributed by atoms with van der Waals surface area (Å²) in [6, 6.07) is 13.1. The van der Waals surface area contributed by atoms with E-state index < -0.39 is 0 Å². The first-order valence-corrected chi connectivity index (χ1v) is 7.75. The maximum Gasteiger partial charge on any atom is 0.252 e. The lowest BCUT2D eigenvalue weighted by atomic mass is 10.00. The molecule has 2 rings (SSSR count). The van der Waals surface area contributed by atoms with Crippen LogP contribution in [0.5, 0.6) is 0 Å². The maximum atomic E-state index is 12.3. The van der Waals surface area contributed by atoms with Crippen LogP contribution in [0.3, 0.4) is 0 Å². The van der Waals surface area contributed by atoms with Crippen LogP contribution in [-0.2, 0) is 0 Å². The average Bonchev–Trinajstić information content (AvgIpc) is 2.55. The minimum absolute atomic E-state index is 0.000156. The van der Waals surface area contributed by atoms with Crippen molar-refractivity contribution in [1.29, 1.82) is 0 Å². The molecule has 1 N–H and O–H groups in total. The fourth-order valence-corrected chi connectivity index (χ4v) is 2.41. The summed E-state index contributed by atoms with van der Waals surface area (Å²) in [6.45, 7) is 2.16. The van der Waals surface area contributed by atoms with Crippen molar-refractivity contribution in [3.05, 3.63) is 71.2 Å². The lowest BCUT2D eigenvalue weighted by molar-refractivity contribution is -0.605. The molecule has 0 aliphatic rings. The number of benzene rings is 1. The number of unbranched alkanes of at least 4 members (excludes halogenated alkanes) is 2. The lowest BCUT2D eigenvalue weighted by Crippen LogP contribution is -2.30. The molecule has 1 aromatic heterocycles. The molecule has 1 atom stereocenters. The normalized spacial score (nSPS) is 11.9. The lowest BCUT2D eigenvalue weighted by Gasteiger charge is -2.19. The molecular weight excluding hydrogens is 276 g/mol. The van der Waals surface area contributed by atoms with Gasteiger partial charge in [-0.25, -0.2) is 0 Å². The second-order valence-corrected chi connectivity index (χ2v) is 5.38. The highest BCUT2D eigenvalue weighted by molar-refractivity contribution is 5.94. The monoisotopic (exact) mass is 298 g/mol. The van der Waals surface area contributed by atoms with E-state index in [0.29, 0.717) is 10.3 Å². The van der Waals surface area contributed by atoms with Crippen molar-refractivity contribution in [1.82, 2.24) is 5.32 Å². The molecule has 1 aromatic carbocycles. The third-order valence-corrected chi connectivity index (χ3v) is 3.67. The second kappa shape index (κ2) is 8.17. The molecule has 1 unspecified atom stereocenters. The number of pyridine rings is 1. The van der Waals surface area contributed by atoms with Crippen LogP contribution in [0.25, 0.3) is 0 Å². The largest absolute Gasteiger partial charge is 0.619 e. The molecular formula is C18H22N2O2. The van der Waals surface area contributed by atoms with E-state index in [4.69, 9.17) is 0 Å². The Kier molecular flexibility index (Phi) is 5.95. The Balaban J connectivity index is 2.08. The zero-order valence-electron chi connectivity index (χ0n) is 12.9. The van der Waals surface area contributed by atoms with E-state index in [0.717, 1.165) is 31.2 Å². The fourth-order valence-electron chi connectivity index (χ4n) is 2.41. The smallest absolute Gasteiger partial charge is 0.252 e. The van der Waals surface area contributed by atoms with Gasteiger partial charge in [-0.1, -0.05) is 56.5 Å². The molecule has 1 heterocycles. The number of hydrogen-bond donors (Lipinski definition) is 1. The Morgan fingerprint density at radius 3 is 2.45 bits per heavy atom. The van der Waals surface area contributed by atoms with Gasteiger partial charge in [0.2, 0.25) is 0 Å². The minimum atomic E-state index is -0.147. The fraction of sp³-hybridized carbons (Fsp3) is 0.333. The topological polar surface area (TPSA) is 56.0 Å². The molecule has 0 saturated heterocycles. The Labute approximate surface area is 131 Å². The second-order valence-electron chi connectivity index (χ2n) is 5.38. The van der Waals surface area contributed by atoms with Crippen LogP contribution in [0.15, 0.2) is 54.9 Å². The van der Waals surface area contributed by atoms with Gasteiger partial charge in [-0.2, -0.15) is 4.73 Å². The van der Waals surface area contributed by atoms with Crippen molar-refractivity contribution in [3.8, 4) is 0 Å². The number of nitrogens with one attached hydrogen (secondary N) is 1. The number of aromatic nitrogens is 1. The molecule has 0 fully saturated rings. The standard InChI is InChI=1S/C18H22N2O2/c1-2-3-5-10-17(15-8-6-4-7-9-15)19-18(21)16-11-13-20(22)14-12-16/h4,6-9,11-14,17H,2-3,5,10H2,1H3,(H,19,21). The highest BCUT2D eigenvalue weighted by Crippen LogP contribution is 2.20. The number of carbonyl (C=O) groups is 1. The van der Waals surface area contributed by atoms with E-state index >= 15 is 0 Å². The summed E-state index contributed by atoms with van der Waals surface area (Å²) in [7, 11) is 0. The number of carbonyl (C=O) groups excluding carboxylic acids is 1. The minimum Gasteiger partial charge on any atom is -0.619 e. The van der Waals surface area contributed by atoms with Crippen LogP contribution in [0.4, 0.5) is 0 Å². The zero-order valence-corrected chi connectivity index (χ0v) is 12.9. The van der Waals surface area contributed by atoms with Crippen LogP contribution in [0.2, 0.25) is 0 Å². The van der Waals surface area contributed by atoms with Crippen LogP contribution in [0, 0.1) is 5.21 Å². The molecule has 4 heteroatoms. The molecule has 0 aliphatic carbocycles. The number of amides is 1. The van der Waals surface area contributed by atoms with Crippen LogP contribution in [-0.4, -0.2) is 5.91 Å². The molecule has 4 nitrogen and oxygen atoms in total. The Morgan fingerprint density at radius 2 is 1.82 bits per heavy atom.